The molecule has 1 aromatic heterocycles. The highest BCUT2D eigenvalue weighted by Crippen LogP contribution is 2.26. The summed E-state index contributed by atoms with van der Waals surface area (Å²) in [6.07, 6.45) is 0.553. The molecule has 9 heteroatoms. The predicted octanol–water partition coefficient (Wildman–Crippen LogP) is 4.35. The van der Waals surface area contributed by atoms with Crippen LogP contribution in [0.1, 0.15) is 11.7 Å². The maximum Gasteiger partial charge on any atom is 0.291 e. The molecule has 28 heavy (non-hydrogen) atoms. The molecule has 2 aromatic carbocycles. The van der Waals surface area contributed by atoms with E-state index in [-0.39, 0.29) is 16.6 Å². The topological polar surface area (TPSA) is 76.4 Å². The third-order valence-electron chi connectivity index (χ3n) is 4.06. The van der Waals surface area contributed by atoms with Crippen LogP contribution in [0.4, 0.5) is 5.69 Å². The van der Waals surface area contributed by atoms with E-state index in [0.717, 1.165) is 10.2 Å². The molecule has 0 aliphatic heterocycles. The first-order valence-corrected chi connectivity index (χ1v) is 9.33. The Morgan fingerprint density at radius 3 is 2.50 bits per heavy atom. The highest BCUT2D eigenvalue weighted by atomic mass is 35.5. The SMILES string of the molecule is COc1ccc([C@@H](O)CNc2ccc(-n3ncc(Cl)c(Cl)c3=O)cc2Cl)cc1. The first kappa shape index (κ1) is 20.5. The Morgan fingerprint density at radius 1 is 1.14 bits per heavy atom. The Kier molecular flexibility index (Phi) is 6.46. The van der Waals surface area contributed by atoms with Crippen LogP contribution in [0, 0.1) is 0 Å². The molecule has 0 radical (unpaired) electrons. The number of methoxy groups -OCH3 is 1. The first-order chi connectivity index (χ1) is 13.4. The van der Waals surface area contributed by atoms with Gasteiger partial charge < -0.3 is 15.2 Å². The number of benzene rings is 2. The van der Waals surface area contributed by atoms with E-state index in [1.165, 1.54) is 6.20 Å². The fourth-order valence-electron chi connectivity index (χ4n) is 2.53. The van der Waals surface area contributed by atoms with Crippen LogP contribution >= 0.6 is 34.8 Å². The number of aliphatic hydroxyl groups excluding tert-OH is 1. The number of rotatable bonds is 6. The minimum absolute atomic E-state index is 0.0832. The predicted molar refractivity (Wildman–Crippen MR) is 111 cm³/mol. The molecule has 0 unspecified atom stereocenters. The number of hydrogen-bond acceptors (Lipinski definition) is 5. The van der Waals surface area contributed by atoms with E-state index in [9.17, 15) is 9.90 Å². The summed E-state index contributed by atoms with van der Waals surface area (Å²) < 4.78 is 6.21. The number of aromatic nitrogens is 2. The minimum atomic E-state index is -0.735. The van der Waals surface area contributed by atoms with Crippen molar-refractivity contribution < 1.29 is 9.84 Å². The second kappa shape index (κ2) is 8.84. The average molecular weight is 441 g/mol. The van der Waals surface area contributed by atoms with Gasteiger partial charge in [-0.3, -0.25) is 4.79 Å². The van der Waals surface area contributed by atoms with Gasteiger partial charge in [-0.25, -0.2) is 0 Å². The molecule has 0 saturated heterocycles. The Hall–Kier alpha value is -2.25. The third kappa shape index (κ3) is 4.42. The lowest BCUT2D eigenvalue weighted by Gasteiger charge is -2.15. The van der Waals surface area contributed by atoms with Crippen molar-refractivity contribution in [3.63, 3.8) is 0 Å². The van der Waals surface area contributed by atoms with Crippen molar-refractivity contribution in [2.24, 2.45) is 0 Å². The Morgan fingerprint density at radius 2 is 1.86 bits per heavy atom. The number of nitrogens with zero attached hydrogens (tertiary/aromatic N) is 2. The number of anilines is 1. The normalized spacial score (nSPS) is 11.9. The zero-order valence-electron chi connectivity index (χ0n) is 14.7. The van der Waals surface area contributed by atoms with Gasteiger partial charge in [0.1, 0.15) is 10.8 Å². The molecule has 146 valence electrons. The second-order valence-electron chi connectivity index (χ2n) is 5.86. The first-order valence-electron chi connectivity index (χ1n) is 8.20. The summed E-state index contributed by atoms with van der Waals surface area (Å²) >= 11 is 18.0. The quantitative estimate of drug-likeness (QED) is 0.596. The van der Waals surface area contributed by atoms with E-state index in [0.29, 0.717) is 22.1 Å². The second-order valence-corrected chi connectivity index (χ2v) is 7.05. The van der Waals surface area contributed by atoms with Crippen molar-refractivity contribution in [3.8, 4) is 11.4 Å². The van der Waals surface area contributed by atoms with Gasteiger partial charge in [0, 0.05) is 6.54 Å². The van der Waals surface area contributed by atoms with E-state index >= 15 is 0 Å². The molecule has 1 heterocycles. The smallest absolute Gasteiger partial charge is 0.291 e. The van der Waals surface area contributed by atoms with Gasteiger partial charge in [-0.15, -0.1) is 0 Å². The number of halogens is 3. The van der Waals surface area contributed by atoms with Crippen LogP contribution in [-0.2, 0) is 0 Å². The van der Waals surface area contributed by atoms with Gasteiger partial charge in [0.25, 0.3) is 5.56 Å². The minimum Gasteiger partial charge on any atom is -0.497 e. The van der Waals surface area contributed by atoms with E-state index < -0.39 is 11.7 Å². The lowest BCUT2D eigenvalue weighted by Crippen LogP contribution is -2.21. The van der Waals surface area contributed by atoms with Crippen LogP contribution in [0.2, 0.25) is 15.1 Å². The molecule has 3 rings (SSSR count). The molecule has 0 bridgehead atoms. The summed E-state index contributed by atoms with van der Waals surface area (Å²) in [5, 5.41) is 17.7. The maximum atomic E-state index is 12.2. The standard InChI is InChI=1S/C19H16Cl3N3O3/c1-28-13-5-2-11(3-6-13)17(26)10-23-16-7-4-12(8-14(16)20)25-19(27)18(22)15(21)9-24-25/h2-9,17,23,26H,10H2,1H3/t17-/m0/s1. The van der Waals surface area contributed by atoms with Crippen LogP contribution in [0.15, 0.2) is 53.5 Å². The van der Waals surface area contributed by atoms with E-state index in [4.69, 9.17) is 39.5 Å². The zero-order valence-corrected chi connectivity index (χ0v) is 17.0. The fraction of sp³-hybridized carbons (Fsp3) is 0.158. The largest absolute Gasteiger partial charge is 0.497 e. The molecule has 0 aliphatic rings. The van der Waals surface area contributed by atoms with Crippen molar-refractivity contribution in [2.45, 2.75) is 6.10 Å². The molecule has 3 aromatic rings. The number of aliphatic hydroxyl groups is 1. The van der Waals surface area contributed by atoms with E-state index in [1.54, 1.807) is 49.6 Å². The van der Waals surface area contributed by atoms with Crippen molar-refractivity contribution >= 4 is 40.5 Å². The van der Waals surface area contributed by atoms with Gasteiger partial charge >= 0.3 is 0 Å². The van der Waals surface area contributed by atoms with Crippen LogP contribution < -0.4 is 15.6 Å². The molecular weight excluding hydrogens is 425 g/mol. The molecule has 1 atom stereocenters. The van der Waals surface area contributed by atoms with Gasteiger partial charge in [-0.05, 0) is 35.9 Å². The summed E-state index contributed by atoms with van der Waals surface area (Å²) in [6, 6.07) is 12.1. The number of nitrogens with one attached hydrogen (secondary N) is 1. The van der Waals surface area contributed by atoms with Crippen molar-refractivity contribution in [1.82, 2.24) is 9.78 Å². The van der Waals surface area contributed by atoms with Crippen molar-refractivity contribution in [1.29, 1.82) is 0 Å². The molecule has 0 amide bonds. The van der Waals surface area contributed by atoms with Gasteiger partial charge in [0.2, 0.25) is 0 Å². The fourth-order valence-corrected chi connectivity index (χ4v) is 3.02. The van der Waals surface area contributed by atoms with Crippen LogP contribution in [0.25, 0.3) is 5.69 Å². The Balaban J connectivity index is 1.74. The van der Waals surface area contributed by atoms with Gasteiger partial charge in [0.15, 0.2) is 0 Å². The van der Waals surface area contributed by atoms with Gasteiger partial charge in [0.05, 0.1) is 40.8 Å². The van der Waals surface area contributed by atoms with Gasteiger partial charge in [-0.1, -0.05) is 46.9 Å². The summed E-state index contributed by atoms with van der Waals surface area (Å²) in [6.45, 7) is 0.246. The van der Waals surface area contributed by atoms with Crippen LogP contribution in [-0.4, -0.2) is 28.5 Å². The molecule has 0 fully saturated rings. The maximum absolute atomic E-state index is 12.2. The molecule has 0 aliphatic carbocycles. The highest BCUT2D eigenvalue weighted by Gasteiger charge is 2.12. The number of ether oxygens (including phenoxy) is 1. The third-order valence-corrected chi connectivity index (χ3v) is 5.12. The Bertz CT molecular complexity index is 1040. The summed E-state index contributed by atoms with van der Waals surface area (Å²) in [5.41, 5.74) is 1.24. The average Bonchev–Trinajstić information content (AvgIpc) is 2.71. The molecule has 6 nitrogen and oxygen atoms in total. The monoisotopic (exact) mass is 439 g/mol. The highest BCUT2D eigenvalue weighted by molar-refractivity contribution is 6.41. The van der Waals surface area contributed by atoms with Crippen molar-refractivity contribution in [2.75, 3.05) is 19.0 Å². The van der Waals surface area contributed by atoms with E-state index in [1.807, 2.05) is 0 Å². The van der Waals surface area contributed by atoms with Crippen LogP contribution in [0.3, 0.4) is 0 Å². The Labute approximate surface area is 176 Å². The number of hydrogen-bond donors (Lipinski definition) is 2. The summed E-state index contributed by atoms with van der Waals surface area (Å²) in [4.78, 5) is 12.2. The molecule has 0 saturated carbocycles. The van der Waals surface area contributed by atoms with E-state index in [2.05, 4.69) is 10.4 Å². The van der Waals surface area contributed by atoms with Crippen molar-refractivity contribution in [3.05, 3.63) is 79.6 Å². The molecule has 2 N–H and O–H groups in total. The molecular formula is C19H16Cl3N3O3. The summed E-state index contributed by atoms with van der Waals surface area (Å²) in [7, 11) is 1.58. The van der Waals surface area contributed by atoms with Gasteiger partial charge in [-0.2, -0.15) is 9.78 Å². The lowest BCUT2D eigenvalue weighted by atomic mass is 10.1. The zero-order chi connectivity index (χ0) is 20.3. The van der Waals surface area contributed by atoms with Crippen LogP contribution in [0.5, 0.6) is 5.75 Å². The molecule has 0 spiro atoms. The lowest BCUT2D eigenvalue weighted by molar-refractivity contribution is 0.191. The summed E-state index contributed by atoms with van der Waals surface area (Å²) in [5.74, 6) is 0.716.